The molecule has 0 aliphatic carbocycles. The minimum absolute atomic E-state index is 0.156. The van der Waals surface area contributed by atoms with Crippen molar-refractivity contribution in [2.24, 2.45) is 5.73 Å². The molecule has 0 aliphatic rings. The van der Waals surface area contributed by atoms with Crippen LogP contribution in [-0.4, -0.2) is 34.9 Å². The van der Waals surface area contributed by atoms with Gasteiger partial charge in [0, 0.05) is 18.2 Å². The third-order valence-corrected chi connectivity index (χ3v) is 4.03. The second kappa shape index (κ2) is 7.83. The minimum atomic E-state index is -0.922. The van der Waals surface area contributed by atoms with E-state index < -0.39 is 18.0 Å². The number of nitrogens with zero attached hydrogens (tertiary/aromatic N) is 2. The summed E-state index contributed by atoms with van der Waals surface area (Å²) in [6.45, 7) is 5.31. The van der Waals surface area contributed by atoms with E-state index in [4.69, 9.17) is 15.2 Å². The SMILES string of the molecule is COc1cccc(-n2nc(C)c(CCC(=O)O[C@H](C)C(N)=O)c2C)c1. The topological polar surface area (TPSA) is 96.4 Å². The van der Waals surface area contributed by atoms with E-state index >= 15 is 0 Å². The predicted octanol–water partition coefficient (Wildman–Crippen LogP) is 1.85. The van der Waals surface area contributed by atoms with Crippen LogP contribution in [0.2, 0.25) is 0 Å². The average Bonchev–Trinajstić information content (AvgIpc) is 2.87. The van der Waals surface area contributed by atoms with Crippen LogP contribution in [0.5, 0.6) is 5.75 Å². The summed E-state index contributed by atoms with van der Waals surface area (Å²) in [6, 6.07) is 7.60. The van der Waals surface area contributed by atoms with Gasteiger partial charge in [-0.2, -0.15) is 5.10 Å². The van der Waals surface area contributed by atoms with E-state index in [1.807, 2.05) is 42.8 Å². The zero-order chi connectivity index (χ0) is 18.6. The van der Waals surface area contributed by atoms with Crippen molar-refractivity contribution in [2.45, 2.75) is 39.7 Å². The predicted molar refractivity (Wildman–Crippen MR) is 92.7 cm³/mol. The second-order valence-corrected chi connectivity index (χ2v) is 5.80. The third kappa shape index (κ3) is 4.37. The van der Waals surface area contributed by atoms with Gasteiger partial charge in [0.2, 0.25) is 0 Å². The highest BCUT2D eigenvalue weighted by Crippen LogP contribution is 2.22. The zero-order valence-corrected chi connectivity index (χ0v) is 14.9. The lowest BCUT2D eigenvalue weighted by Crippen LogP contribution is -2.30. The van der Waals surface area contributed by atoms with E-state index in [2.05, 4.69) is 5.10 Å². The maximum atomic E-state index is 11.8. The third-order valence-electron chi connectivity index (χ3n) is 4.03. The van der Waals surface area contributed by atoms with E-state index in [0.29, 0.717) is 6.42 Å². The van der Waals surface area contributed by atoms with Gasteiger partial charge < -0.3 is 15.2 Å². The summed E-state index contributed by atoms with van der Waals surface area (Å²) in [4.78, 5) is 22.8. The fourth-order valence-corrected chi connectivity index (χ4v) is 2.57. The summed E-state index contributed by atoms with van der Waals surface area (Å²) < 4.78 is 12.1. The Morgan fingerprint density at radius 1 is 1.32 bits per heavy atom. The highest BCUT2D eigenvalue weighted by atomic mass is 16.5. The number of rotatable bonds is 7. The molecule has 0 bridgehead atoms. The van der Waals surface area contributed by atoms with Crippen LogP contribution < -0.4 is 10.5 Å². The van der Waals surface area contributed by atoms with Crippen molar-refractivity contribution in [1.29, 1.82) is 0 Å². The summed E-state index contributed by atoms with van der Waals surface area (Å²) in [5, 5.41) is 4.56. The smallest absolute Gasteiger partial charge is 0.306 e. The molecule has 0 spiro atoms. The Kier molecular flexibility index (Phi) is 5.80. The van der Waals surface area contributed by atoms with Gasteiger partial charge in [-0.3, -0.25) is 9.59 Å². The van der Waals surface area contributed by atoms with Gasteiger partial charge in [-0.15, -0.1) is 0 Å². The summed E-state index contributed by atoms with van der Waals surface area (Å²) in [6.07, 6.45) is -0.288. The van der Waals surface area contributed by atoms with Crippen molar-refractivity contribution in [1.82, 2.24) is 9.78 Å². The van der Waals surface area contributed by atoms with Crippen molar-refractivity contribution >= 4 is 11.9 Å². The molecule has 1 atom stereocenters. The Morgan fingerprint density at radius 3 is 2.68 bits per heavy atom. The van der Waals surface area contributed by atoms with Gasteiger partial charge in [-0.25, -0.2) is 4.68 Å². The number of aryl methyl sites for hydroxylation is 1. The van der Waals surface area contributed by atoms with E-state index in [-0.39, 0.29) is 6.42 Å². The van der Waals surface area contributed by atoms with Crippen LogP contribution in [0.15, 0.2) is 24.3 Å². The molecule has 1 heterocycles. The molecule has 0 fully saturated rings. The molecule has 0 saturated heterocycles. The van der Waals surface area contributed by atoms with Crippen LogP contribution in [0.4, 0.5) is 0 Å². The summed E-state index contributed by atoms with van der Waals surface area (Å²) >= 11 is 0. The number of carbonyl (C=O) groups is 2. The molecule has 25 heavy (non-hydrogen) atoms. The first-order valence-corrected chi connectivity index (χ1v) is 8.01. The number of nitrogens with two attached hydrogens (primary N) is 1. The number of benzene rings is 1. The molecular weight excluding hydrogens is 322 g/mol. The number of primary amides is 1. The first kappa shape index (κ1) is 18.5. The van der Waals surface area contributed by atoms with Gasteiger partial charge in [0.1, 0.15) is 5.75 Å². The zero-order valence-electron chi connectivity index (χ0n) is 14.9. The number of hydrogen-bond donors (Lipinski definition) is 1. The Hall–Kier alpha value is -2.83. The maximum Gasteiger partial charge on any atom is 0.306 e. The summed E-state index contributed by atoms with van der Waals surface area (Å²) in [7, 11) is 1.62. The van der Waals surface area contributed by atoms with Gasteiger partial charge in [-0.1, -0.05) is 6.07 Å². The van der Waals surface area contributed by atoms with E-state index in [9.17, 15) is 9.59 Å². The fraction of sp³-hybridized carbons (Fsp3) is 0.389. The van der Waals surface area contributed by atoms with Crippen LogP contribution in [0, 0.1) is 13.8 Å². The summed E-state index contributed by atoms with van der Waals surface area (Å²) in [5.41, 5.74) is 8.74. The molecule has 0 saturated carbocycles. The molecule has 0 radical (unpaired) electrons. The average molecular weight is 345 g/mol. The summed E-state index contributed by atoms with van der Waals surface area (Å²) in [5.74, 6) is -0.374. The molecule has 1 aromatic heterocycles. The minimum Gasteiger partial charge on any atom is -0.497 e. The second-order valence-electron chi connectivity index (χ2n) is 5.80. The molecule has 0 aliphatic heterocycles. The first-order valence-electron chi connectivity index (χ1n) is 8.01. The van der Waals surface area contributed by atoms with Crippen molar-refractivity contribution in [3.63, 3.8) is 0 Å². The monoisotopic (exact) mass is 345 g/mol. The normalized spacial score (nSPS) is 11.8. The van der Waals surface area contributed by atoms with Crippen LogP contribution >= 0.6 is 0 Å². The number of carbonyl (C=O) groups excluding carboxylic acids is 2. The lowest BCUT2D eigenvalue weighted by Gasteiger charge is -2.10. The standard InChI is InChI=1S/C18H23N3O4/c1-11-16(8-9-17(22)25-13(3)18(19)23)12(2)21(20-11)14-6-5-7-15(10-14)24-4/h5-7,10,13H,8-9H2,1-4H3,(H2,19,23)/t13-/m1/s1. The molecule has 2 rings (SSSR count). The molecule has 2 N–H and O–H groups in total. The van der Waals surface area contributed by atoms with Gasteiger partial charge in [0.15, 0.2) is 6.10 Å². The van der Waals surface area contributed by atoms with Crippen molar-refractivity contribution in [3.05, 3.63) is 41.2 Å². The Morgan fingerprint density at radius 2 is 2.04 bits per heavy atom. The quantitative estimate of drug-likeness (QED) is 0.773. The number of amides is 1. The van der Waals surface area contributed by atoms with E-state index in [0.717, 1.165) is 28.4 Å². The molecule has 1 amide bonds. The first-order chi connectivity index (χ1) is 11.8. The fourth-order valence-electron chi connectivity index (χ4n) is 2.57. The van der Waals surface area contributed by atoms with Crippen LogP contribution in [-0.2, 0) is 20.7 Å². The molecular formula is C18H23N3O4. The van der Waals surface area contributed by atoms with Gasteiger partial charge in [-0.05, 0) is 44.9 Å². The van der Waals surface area contributed by atoms with Crippen molar-refractivity contribution in [2.75, 3.05) is 7.11 Å². The molecule has 2 aromatic rings. The Labute approximate surface area is 146 Å². The van der Waals surface area contributed by atoms with Gasteiger partial charge in [0.25, 0.3) is 5.91 Å². The maximum absolute atomic E-state index is 11.8. The number of ether oxygens (including phenoxy) is 2. The number of hydrogen-bond acceptors (Lipinski definition) is 5. The van der Waals surface area contributed by atoms with E-state index in [1.54, 1.807) is 7.11 Å². The number of aromatic nitrogens is 2. The van der Waals surface area contributed by atoms with Gasteiger partial charge in [0.05, 0.1) is 18.5 Å². The molecule has 134 valence electrons. The van der Waals surface area contributed by atoms with E-state index in [1.165, 1.54) is 6.92 Å². The van der Waals surface area contributed by atoms with Crippen LogP contribution in [0.25, 0.3) is 5.69 Å². The molecule has 0 unspecified atom stereocenters. The van der Waals surface area contributed by atoms with Crippen molar-refractivity contribution in [3.8, 4) is 11.4 Å². The largest absolute Gasteiger partial charge is 0.497 e. The van der Waals surface area contributed by atoms with Crippen molar-refractivity contribution < 1.29 is 19.1 Å². The Balaban J connectivity index is 2.14. The molecule has 7 nitrogen and oxygen atoms in total. The molecule has 1 aromatic carbocycles. The molecule has 7 heteroatoms. The number of esters is 1. The highest BCUT2D eigenvalue weighted by molar-refractivity contribution is 5.81. The lowest BCUT2D eigenvalue weighted by molar-refractivity contribution is -0.153. The highest BCUT2D eigenvalue weighted by Gasteiger charge is 2.17. The number of methoxy groups -OCH3 is 1. The van der Waals surface area contributed by atoms with Gasteiger partial charge >= 0.3 is 5.97 Å². The van der Waals surface area contributed by atoms with Crippen LogP contribution in [0.3, 0.4) is 0 Å². The van der Waals surface area contributed by atoms with Crippen LogP contribution in [0.1, 0.15) is 30.3 Å². The Bertz CT molecular complexity index is 783. The lowest BCUT2D eigenvalue weighted by atomic mass is 10.1.